The number of carbonyl (C=O) groups excluding carboxylic acids is 1. The second-order valence-corrected chi connectivity index (χ2v) is 4.82. The number of aromatic carboxylic acids is 1. The van der Waals surface area contributed by atoms with E-state index in [-0.39, 0.29) is 29.6 Å². The third kappa shape index (κ3) is 3.13. The smallest absolute Gasteiger partial charge is 0.420 e. The molecule has 7 heteroatoms. The summed E-state index contributed by atoms with van der Waals surface area (Å²) in [5, 5.41) is 11.7. The Labute approximate surface area is 120 Å². The normalized spacial score (nSPS) is 12.3. The number of nitrogens with one attached hydrogen (secondary N) is 1. The first-order valence-corrected chi connectivity index (χ1v) is 6.58. The van der Waals surface area contributed by atoms with E-state index in [1.807, 2.05) is 13.8 Å². The van der Waals surface area contributed by atoms with Gasteiger partial charge in [0.25, 0.3) is 0 Å². The summed E-state index contributed by atoms with van der Waals surface area (Å²) in [5.41, 5.74) is 0.569. The van der Waals surface area contributed by atoms with Gasteiger partial charge in [0.1, 0.15) is 6.54 Å². The van der Waals surface area contributed by atoms with Crippen molar-refractivity contribution in [1.82, 2.24) is 9.88 Å². The van der Waals surface area contributed by atoms with Gasteiger partial charge in [-0.3, -0.25) is 9.36 Å². The predicted octanol–water partition coefficient (Wildman–Crippen LogP) is 1.21. The van der Waals surface area contributed by atoms with Crippen LogP contribution in [0, 0.1) is 0 Å². The maximum absolute atomic E-state index is 11.9. The molecule has 112 valence electrons. The second-order valence-electron chi connectivity index (χ2n) is 4.82. The molecule has 0 aliphatic rings. The van der Waals surface area contributed by atoms with Crippen LogP contribution in [0.4, 0.5) is 0 Å². The third-order valence-corrected chi connectivity index (χ3v) is 3.24. The molecule has 7 nitrogen and oxygen atoms in total. The molecule has 1 atom stereocenters. The highest BCUT2D eigenvalue weighted by Gasteiger charge is 2.15. The van der Waals surface area contributed by atoms with E-state index in [0.29, 0.717) is 5.52 Å². The summed E-state index contributed by atoms with van der Waals surface area (Å²) < 4.78 is 6.12. The van der Waals surface area contributed by atoms with Crippen molar-refractivity contribution in [3.05, 3.63) is 34.3 Å². The summed E-state index contributed by atoms with van der Waals surface area (Å²) in [5.74, 6) is -2.12. The summed E-state index contributed by atoms with van der Waals surface area (Å²) in [6.07, 6.45) is 0.774. The van der Waals surface area contributed by atoms with Gasteiger partial charge in [0.15, 0.2) is 5.58 Å². The Hall–Kier alpha value is -2.57. The molecular weight excluding hydrogens is 276 g/mol. The average Bonchev–Trinajstić information content (AvgIpc) is 2.74. The van der Waals surface area contributed by atoms with E-state index in [4.69, 9.17) is 9.52 Å². The van der Waals surface area contributed by atoms with Crippen molar-refractivity contribution >= 4 is 23.0 Å². The summed E-state index contributed by atoms with van der Waals surface area (Å²) in [7, 11) is 0. The van der Waals surface area contributed by atoms with E-state index < -0.39 is 11.7 Å². The molecule has 2 N–H and O–H groups in total. The fourth-order valence-electron chi connectivity index (χ4n) is 1.91. The zero-order valence-electron chi connectivity index (χ0n) is 11.8. The van der Waals surface area contributed by atoms with Crippen LogP contribution in [0.15, 0.2) is 27.4 Å². The quantitative estimate of drug-likeness (QED) is 0.862. The minimum absolute atomic E-state index is 0.000878. The molecule has 1 heterocycles. The Kier molecular flexibility index (Phi) is 4.11. The number of aromatic nitrogens is 1. The molecular formula is C14H16N2O5. The van der Waals surface area contributed by atoms with E-state index in [1.165, 1.54) is 18.2 Å². The maximum atomic E-state index is 11.9. The van der Waals surface area contributed by atoms with E-state index >= 15 is 0 Å². The number of hydrogen-bond acceptors (Lipinski definition) is 4. The van der Waals surface area contributed by atoms with Crippen molar-refractivity contribution in [1.29, 1.82) is 0 Å². The van der Waals surface area contributed by atoms with Crippen LogP contribution >= 0.6 is 0 Å². The molecule has 2 aromatic rings. The predicted molar refractivity (Wildman–Crippen MR) is 75.3 cm³/mol. The highest BCUT2D eigenvalue weighted by atomic mass is 16.4. The van der Waals surface area contributed by atoms with Gasteiger partial charge < -0.3 is 14.8 Å². The SMILES string of the molecule is CCC(C)NC(=O)Cn1c(=O)oc2ccc(C(=O)O)cc21. The molecule has 1 aromatic heterocycles. The molecule has 0 bridgehead atoms. The summed E-state index contributed by atoms with van der Waals surface area (Å²) in [6.45, 7) is 3.58. The number of amides is 1. The molecule has 2 rings (SSSR count). The minimum atomic E-state index is -1.11. The zero-order valence-corrected chi connectivity index (χ0v) is 11.8. The number of carboxylic acids is 1. The van der Waals surface area contributed by atoms with Crippen LogP contribution in [0.5, 0.6) is 0 Å². The standard InChI is InChI=1S/C14H16N2O5/c1-3-8(2)15-12(17)7-16-10-6-9(13(18)19)4-5-11(10)21-14(16)20/h4-6,8H,3,7H2,1-2H3,(H,15,17)(H,18,19). The van der Waals surface area contributed by atoms with Crippen molar-refractivity contribution in [3.8, 4) is 0 Å². The summed E-state index contributed by atoms with van der Waals surface area (Å²) in [4.78, 5) is 34.6. The Morgan fingerprint density at radius 1 is 1.43 bits per heavy atom. The van der Waals surface area contributed by atoms with Crippen LogP contribution < -0.4 is 11.1 Å². The fourth-order valence-corrected chi connectivity index (χ4v) is 1.91. The third-order valence-electron chi connectivity index (χ3n) is 3.24. The van der Waals surface area contributed by atoms with Gasteiger partial charge >= 0.3 is 11.7 Å². The van der Waals surface area contributed by atoms with Crippen molar-refractivity contribution in [2.45, 2.75) is 32.9 Å². The fraction of sp³-hybridized carbons (Fsp3) is 0.357. The van der Waals surface area contributed by atoms with Gasteiger partial charge in [0.05, 0.1) is 11.1 Å². The first-order valence-electron chi connectivity index (χ1n) is 6.58. The topological polar surface area (TPSA) is 102 Å². The average molecular weight is 292 g/mol. The number of nitrogens with zero attached hydrogens (tertiary/aromatic N) is 1. The van der Waals surface area contributed by atoms with Crippen molar-refractivity contribution in [2.24, 2.45) is 0 Å². The monoisotopic (exact) mass is 292 g/mol. The van der Waals surface area contributed by atoms with E-state index in [9.17, 15) is 14.4 Å². The van der Waals surface area contributed by atoms with Gasteiger partial charge in [-0.25, -0.2) is 9.59 Å². The lowest BCUT2D eigenvalue weighted by Crippen LogP contribution is -2.36. The Balaban J connectivity index is 2.36. The van der Waals surface area contributed by atoms with E-state index in [2.05, 4.69) is 5.32 Å². The lowest BCUT2D eigenvalue weighted by atomic mass is 10.2. The largest absolute Gasteiger partial charge is 0.478 e. The van der Waals surface area contributed by atoms with Gasteiger partial charge in [-0.05, 0) is 31.5 Å². The summed E-state index contributed by atoms with van der Waals surface area (Å²) >= 11 is 0. The zero-order chi connectivity index (χ0) is 15.6. The number of fused-ring (bicyclic) bond motifs is 1. The van der Waals surface area contributed by atoms with Crippen LogP contribution in [0.25, 0.3) is 11.1 Å². The Morgan fingerprint density at radius 2 is 2.14 bits per heavy atom. The first-order chi connectivity index (χ1) is 9.92. The lowest BCUT2D eigenvalue weighted by Gasteiger charge is -2.11. The number of hydrogen-bond donors (Lipinski definition) is 2. The van der Waals surface area contributed by atoms with Crippen molar-refractivity contribution < 1.29 is 19.1 Å². The maximum Gasteiger partial charge on any atom is 0.420 e. The minimum Gasteiger partial charge on any atom is -0.478 e. The molecule has 0 radical (unpaired) electrons. The summed E-state index contributed by atoms with van der Waals surface area (Å²) in [6, 6.07) is 4.07. The van der Waals surface area contributed by atoms with Crippen LogP contribution in [-0.4, -0.2) is 27.6 Å². The Morgan fingerprint density at radius 3 is 2.76 bits per heavy atom. The van der Waals surface area contributed by atoms with Gasteiger partial charge in [-0.15, -0.1) is 0 Å². The van der Waals surface area contributed by atoms with Gasteiger partial charge in [0.2, 0.25) is 5.91 Å². The molecule has 0 saturated heterocycles. The molecule has 0 aliphatic heterocycles. The van der Waals surface area contributed by atoms with E-state index in [0.717, 1.165) is 11.0 Å². The molecule has 1 amide bonds. The van der Waals surface area contributed by atoms with Crippen molar-refractivity contribution in [3.63, 3.8) is 0 Å². The molecule has 21 heavy (non-hydrogen) atoms. The first kappa shape index (κ1) is 14.8. The molecule has 0 fully saturated rings. The highest BCUT2D eigenvalue weighted by Crippen LogP contribution is 2.15. The van der Waals surface area contributed by atoms with Crippen LogP contribution in [0.1, 0.15) is 30.6 Å². The number of carboxylic acid groups (broad SMARTS) is 1. The molecule has 0 saturated carbocycles. The van der Waals surface area contributed by atoms with Crippen LogP contribution in [0.3, 0.4) is 0 Å². The number of rotatable bonds is 5. The van der Waals surface area contributed by atoms with Gasteiger partial charge in [-0.2, -0.15) is 0 Å². The molecule has 0 aliphatic carbocycles. The van der Waals surface area contributed by atoms with Gasteiger partial charge in [-0.1, -0.05) is 6.92 Å². The van der Waals surface area contributed by atoms with Gasteiger partial charge in [0, 0.05) is 6.04 Å². The Bertz CT molecular complexity index is 743. The van der Waals surface area contributed by atoms with Crippen LogP contribution in [0.2, 0.25) is 0 Å². The second kappa shape index (κ2) is 5.82. The highest BCUT2D eigenvalue weighted by molar-refractivity contribution is 5.92. The van der Waals surface area contributed by atoms with Crippen LogP contribution in [-0.2, 0) is 11.3 Å². The lowest BCUT2D eigenvalue weighted by molar-refractivity contribution is -0.122. The molecule has 1 unspecified atom stereocenters. The van der Waals surface area contributed by atoms with E-state index in [1.54, 1.807) is 0 Å². The number of benzene rings is 1. The number of carbonyl (C=O) groups is 2. The molecule has 0 spiro atoms. The number of oxazole rings is 1. The van der Waals surface area contributed by atoms with Crippen molar-refractivity contribution in [2.75, 3.05) is 0 Å². The molecule has 1 aromatic carbocycles.